The normalized spacial score (nSPS) is 16.9. The highest BCUT2D eigenvalue weighted by Crippen LogP contribution is 2.25. The van der Waals surface area contributed by atoms with Gasteiger partial charge in [-0.1, -0.05) is 60.3 Å². The summed E-state index contributed by atoms with van der Waals surface area (Å²) in [5, 5.41) is 6.03. The molecule has 2 aromatic carbocycles. The summed E-state index contributed by atoms with van der Waals surface area (Å²) in [6.07, 6.45) is 0.324. The van der Waals surface area contributed by atoms with E-state index in [4.69, 9.17) is 0 Å². The molecule has 1 aliphatic rings. The number of amidine groups is 1. The van der Waals surface area contributed by atoms with Crippen LogP contribution >= 0.6 is 11.8 Å². The fourth-order valence-corrected chi connectivity index (χ4v) is 3.09. The number of nitrogens with one attached hydrogen (secondary N) is 2. The van der Waals surface area contributed by atoms with Crippen molar-refractivity contribution in [2.45, 2.75) is 12.5 Å². The summed E-state index contributed by atoms with van der Waals surface area (Å²) < 4.78 is 0. The summed E-state index contributed by atoms with van der Waals surface area (Å²) in [6.45, 7) is 0. The second-order valence-corrected chi connectivity index (χ2v) is 6.28. The molecule has 0 saturated heterocycles. The number of nitrogens with zero attached hydrogens (tertiary/aromatic N) is 1. The van der Waals surface area contributed by atoms with Gasteiger partial charge in [0.05, 0.1) is 18.2 Å². The fourth-order valence-electron chi connectivity index (χ4n) is 2.36. The number of amides is 2. The Kier molecular flexibility index (Phi) is 5.28. The molecular formula is C18H17N3O2S. The van der Waals surface area contributed by atoms with E-state index < -0.39 is 0 Å². The molecule has 5 nitrogen and oxygen atoms in total. The van der Waals surface area contributed by atoms with Crippen LogP contribution in [0, 0.1) is 0 Å². The largest absolute Gasteiger partial charge is 0.325 e. The highest BCUT2D eigenvalue weighted by molar-refractivity contribution is 8.14. The Bertz CT molecular complexity index is 747. The van der Waals surface area contributed by atoms with E-state index in [1.807, 2.05) is 60.7 Å². The number of para-hydroxylation sites is 1. The van der Waals surface area contributed by atoms with Gasteiger partial charge in [0.2, 0.25) is 11.8 Å². The van der Waals surface area contributed by atoms with Crippen LogP contribution in [0.25, 0.3) is 0 Å². The maximum absolute atomic E-state index is 12.0. The molecule has 0 bridgehead atoms. The Morgan fingerprint density at radius 1 is 1.12 bits per heavy atom. The van der Waals surface area contributed by atoms with E-state index in [-0.39, 0.29) is 23.6 Å². The lowest BCUT2D eigenvalue weighted by molar-refractivity contribution is -0.120. The van der Waals surface area contributed by atoms with Gasteiger partial charge < -0.3 is 10.6 Å². The van der Waals surface area contributed by atoms with Crippen LogP contribution in [0.3, 0.4) is 0 Å². The molecule has 1 aliphatic heterocycles. The molecule has 6 heteroatoms. The van der Waals surface area contributed by atoms with Crippen LogP contribution in [0.1, 0.15) is 18.0 Å². The van der Waals surface area contributed by atoms with Gasteiger partial charge in [-0.25, -0.2) is 0 Å². The van der Waals surface area contributed by atoms with Crippen LogP contribution in [0.5, 0.6) is 0 Å². The van der Waals surface area contributed by atoms with Crippen molar-refractivity contribution in [1.29, 1.82) is 0 Å². The smallest absolute Gasteiger partial charge is 0.234 e. The number of hydrogen-bond acceptors (Lipinski definition) is 4. The maximum atomic E-state index is 12.0. The topological polar surface area (TPSA) is 70.6 Å². The minimum Gasteiger partial charge on any atom is -0.325 e. The first-order chi connectivity index (χ1) is 11.7. The first-order valence-electron chi connectivity index (χ1n) is 7.61. The second-order valence-electron chi connectivity index (χ2n) is 5.32. The molecule has 3 rings (SSSR count). The zero-order valence-corrected chi connectivity index (χ0v) is 13.8. The first-order valence-corrected chi connectivity index (χ1v) is 8.59. The van der Waals surface area contributed by atoms with Gasteiger partial charge >= 0.3 is 0 Å². The second kappa shape index (κ2) is 7.79. The molecule has 2 aromatic rings. The summed E-state index contributed by atoms with van der Waals surface area (Å²) in [5.74, 6) is -0.0231. The van der Waals surface area contributed by atoms with Gasteiger partial charge in [0.1, 0.15) is 0 Å². The minimum absolute atomic E-state index is 0.0789. The Balaban J connectivity index is 1.60. The molecule has 0 unspecified atom stereocenters. The van der Waals surface area contributed by atoms with Crippen molar-refractivity contribution < 1.29 is 9.59 Å². The zero-order chi connectivity index (χ0) is 16.8. The van der Waals surface area contributed by atoms with Crippen molar-refractivity contribution in [2.75, 3.05) is 11.1 Å². The molecule has 1 atom stereocenters. The van der Waals surface area contributed by atoms with Crippen molar-refractivity contribution in [2.24, 2.45) is 4.99 Å². The molecule has 122 valence electrons. The molecule has 0 radical (unpaired) electrons. The molecule has 2 N–H and O–H groups in total. The van der Waals surface area contributed by atoms with Gasteiger partial charge in [-0.15, -0.1) is 0 Å². The average molecular weight is 339 g/mol. The summed E-state index contributed by atoms with van der Waals surface area (Å²) >= 11 is 1.23. The van der Waals surface area contributed by atoms with Gasteiger partial charge in [0.25, 0.3) is 0 Å². The fraction of sp³-hybridized carbons (Fsp3) is 0.167. The molecule has 0 saturated carbocycles. The standard InChI is InChI=1S/C18H17N3O2S/c22-16-11-15(13-7-3-1-4-8-13)20-18(21-16)24-12-17(23)19-14-9-5-2-6-10-14/h1-10,15H,11-12H2,(H,19,23)(H,20,21,22)/t15-/m1/s1. The molecule has 2 amide bonds. The maximum Gasteiger partial charge on any atom is 0.234 e. The lowest BCUT2D eigenvalue weighted by Crippen LogP contribution is -2.35. The summed E-state index contributed by atoms with van der Waals surface area (Å²) in [4.78, 5) is 28.4. The van der Waals surface area contributed by atoms with Crippen LogP contribution in [0.4, 0.5) is 5.69 Å². The SMILES string of the molecule is O=C1C[C@H](c2ccccc2)N=C(SCC(=O)Nc2ccccc2)N1. The number of carbonyl (C=O) groups excluding carboxylic acids is 2. The highest BCUT2D eigenvalue weighted by Gasteiger charge is 2.22. The number of hydrogen-bond donors (Lipinski definition) is 2. The first kappa shape index (κ1) is 16.3. The third-order valence-electron chi connectivity index (χ3n) is 3.48. The van der Waals surface area contributed by atoms with Crippen LogP contribution < -0.4 is 10.6 Å². The van der Waals surface area contributed by atoms with Crippen molar-refractivity contribution in [3.63, 3.8) is 0 Å². The third kappa shape index (κ3) is 4.45. The summed E-state index contributed by atoms with van der Waals surface area (Å²) in [6, 6.07) is 18.8. The predicted molar refractivity (Wildman–Crippen MR) is 96.9 cm³/mol. The van der Waals surface area contributed by atoms with Crippen molar-refractivity contribution in [3.8, 4) is 0 Å². The Morgan fingerprint density at radius 2 is 1.79 bits per heavy atom. The van der Waals surface area contributed by atoms with Crippen molar-refractivity contribution in [1.82, 2.24) is 5.32 Å². The average Bonchev–Trinajstić information content (AvgIpc) is 2.61. The molecule has 0 fully saturated rings. The van der Waals surface area contributed by atoms with E-state index >= 15 is 0 Å². The monoisotopic (exact) mass is 339 g/mol. The number of benzene rings is 2. The highest BCUT2D eigenvalue weighted by atomic mass is 32.2. The van der Waals surface area contributed by atoms with Crippen LogP contribution in [0.15, 0.2) is 65.7 Å². The van der Waals surface area contributed by atoms with E-state index in [2.05, 4.69) is 15.6 Å². The third-order valence-corrected chi connectivity index (χ3v) is 4.37. The number of thioether (sulfide) groups is 1. The molecular weight excluding hydrogens is 322 g/mol. The van der Waals surface area contributed by atoms with Gasteiger partial charge in [-0.2, -0.15) is 0 Å². The molecule has 0 aliphatic carbocycles. The number of rotatable bonds is 4. The molecule has 0 aromatic heterocycles. The van der Waals surface area contributed by atoms with Crippen molar-refractivity contribution >= 4 is 34.4 Å². The predicted octanol–water partition coefficient (Wildman–Crippen LogP) is 2.98. The lowest BCUT2D eigenvalue weighted by Gasteiger charge is -2.20. The van der Waals surface area contributed by atoms with Gasteiger partial charge in [0, 0.05) is 5.69 Å². The van der Waals surface area contributed by atoms with Crippen LogP contribution in [-0.4, -0.2) is 22.7 Å². The van der Waals surface area contributed by atoms with Gasteiger partial charge in [-0.05, 0) is 17.7 Å². The Morgan fingerprint density at radius 3 is 2.50 bits per heavy atom. The van der Waals surface area contributed by atoms with Gasteiger partial charge in [0.15, 0.2) is 5.17 Å². The molecule has 0 spiro atoms. The van der Waals surface area contributed by atoms with Crippen LogP contribution in [-0.2, 0) is 9.59 Å². The number of anilines is 1. The van der Waals surface area contributed by atoms with Crippen molar-refractivity contribution in [3.05, 3.63) is 66.2 Å². The summed E-state index contributed by atoms with van der Waals surface area (Å²) in [7, 11) is 0. The number of aliphatic imine (C=N–C) groups is 1. The lowest BCUT2D eigenvalue weighted by atomic mass is 10.0. The Hall–Kier alpha value is -2.60. The van der Waals surface area contributed by atoms with E-state index in [1.54, 1.807) is 0 Å². The molecule has 1 heterocycles. The zero-order valence-electron chi connectivity index (χ0n) is 12.9. The minimum atomic E-state index is -0.195. The van der Waals surface area contributed by atoms with E-state index in [1.165, 1.54) is 11.8 Å². The van der Waals surface area contributed by atoms with E-state index in [0.717, 1.165) is 11.3 Å². The van der Waals surface area contributed by atoms with E-state index in [0.29, 0.717) is 11.6 Å². The van der Waals surface area contributed by atoms with E-state index in [9.17, 15) is 9.59 Å². The van der Waals surface area contributed by atoms with Gasteiger partial charge in [-0.3, -0.25) is 14.6 Å². The molecule has 24 heavy (non-hydrogen) atoms. The van der Waals surface area contributed by atoms with Crippen LogP contribution in [0.2, 0.25) is 0 Å². The number of carbonyl (C=O) groups is 2. The Labute approximate surface area is 144 Å². The summed E-state index contributed by atoms with van der Waals surface area (Å²) in [5.41, 5.74) is 1.75. The quantitative estimate of drug-likeness (QED) is 0.900.